The SMILES string of the molecule is CCOC(=O)c1ccc(NC(=O)CN2C(=O)C(=c3sc4nc(-c5ccc(OCC)cc5)nn4c3=O)c3ccccc32)cc1. The minimum Gasteiger partial charge on any atom is -0.494 e. The minimum absolute atomic E-state index is 0.197. The summed E-state index contributed by atoms with van der Waals surface area (Å²) in [5.74, 6) is -0.265. The first-order chi connectivity index (χ1) is 20.9. The molecule has 0 unspecified atom stereocenters. The molecule has 6 rings (SSSR count). The quantitative estimate of drug-likeness (QED) is 0.270. The first-order valence-electron chi connectivity index (χ1n) is 13.5. The van der Waals surface area contributed by atoms with Crippen LogP contribution in [0.4, 0.5) is 11.4 Å². The lowest BCUT2D eigenvalue weighted by molar-refractivity contribution is -0.118. The number of anilines is 2. The number of fused-ring (bicyclic) bond motifs is 2. The molecule has 0 radical (unpaired) electrons. The molecule has 3 aromatic carbocycles. The highest BCUT2D eigenvalue weighted by atomic mass is 32.1. The zero-order valence-electron chi connectivity index (χ0n) is 23.2. The van der Waals surface area contributed by atoms with E-state index >= 15 is 0 Å². The Hall–Kier alpha value is -5.36. The van der Waals surface area contributed by atoms with E-state index < -0.39 is 23.3 Å². The zero-order valence-corrected chi connectivity index (χ0v) is 24.0. The van der Waals surface area contributed by atoms with E-state index in [-0.39, 0.29) is 23.3 Å². The summed E-state index contributed by atoms with van der Waals surface area (Å²) in [7, 11) is 0. The van der Waals surface area contributed by atoms with Gasteiger partial charge in [-0.1, -0.05) is 29.5 Å². The molecule has 0 spiro atoms. The fourth-order valence-electron chi connectivity index (χ4n) is 4.78. The average molecular weight is 596 g/mol. The van der Waals surface area contributed by atoms with Crippen LogP contribution >= 0.6 is 11.3 Å². The van der Waals surface area contributed by atoms with Crippen molar-refractivity contribution in [3.8, 4) is 17.1 Å². The summed E-state index contributed by atoms with van der Waals surface area (Å²) in [4.78, 5) is 58.3. The van der Waals surface area contributed by atoms with E-state index in [0.717, 1.165) is 22.6 Å². The van der Waals surface area contributed by atoms with E-state index in [9.17, 15) is 19.2 Å². The third kappa shape index (κ3) is 5.24. The smallest absolute Gasteiger partial charge is 0.338 e. The van der Waals surface area contributed by atoms with E-state index in [2.05, 4.69) is 15.4 Å². The van der Waals surface area contributed by atoms with Crippen molar-refractivity contribution in [1.29, 1.82) is 0 Å². The molecular formula is C31H25N5O6S. The van der Waals surface area contributed by atoms with Gasteiger partial charge in [-0.05, 0) is 68.4 Å². The van der Waals surface area contributed by atoms with Crippen LogP contribution in [0, 0.1) is 0 Å². The molecule has 0 saturated carbocycles. The summed E-state index contributed by atoms with van der Waals surface area (Å²) in [6, 6.07) is 20.5. The monoisotopic (exact) mass is 595 g/mol. The number of rotatable bonds is 8. The number of nitrogens with zero attached hydrogens (tertiary/aromatic N) is 4. The van der Waals surface area contributed by atoms with Crippen molar-refractivity contribution >= 4 is 51.0 Å². The summed E-state index contributed by atoms with van der Waals surface area (Å²) < 4.78 is 11.9. The maximum atomic E-state index is 13.7. The Labute approximate surface area is 249 Å². The Morgan fingerprint density at radius 1 is 0.930 bits per heavy atom. The van der Waals surface area contributed by atoms with E-state index in [4.69, 9.17) is 9.47 Å². The maximum absolute atomic E-state index is 13.7. The van der Waals surface area contributed by atoms with Gasteiger partial charge < -0.3 is 14.8 Å². The summed E-state index contributed by atoms with van der Waals surface area (Å²) in [5, 5.41) is 7.15. The molecule has 1 aliphatic rings. The van der Waals surface area contributed by atoms with E-state index in [1.54, 1.807) is 55.5 Å². The molecule has 0 bridgehead atoms. The molecule has 1 aliphatic heterocycles. The zero-order chi connectivity index (χ0) is 30.1. The molecule has 43 heavy (non-hydrogen) atoms. The van der Waals surface area contributed by atoms with Gasteiger partial charge in [-0.3, -0.25) is 19.3 Å². The van der Waals surface area contributed by atoms with Crippen LogP contribution in [0.2, 0.25) is 0 Å². The second-order valence-corrected chi connectivity index (χ2v) is 10.4. The topological polar surface area (TPSA) is 132 Å². The number of hydrogen-bond donors (Lipinski definition) is 1. The number of ether oxygens (including phenoxy) is 2. The third-order valence-electron chi connectivity index (χ3n) is 6.71. The van der Waals surface area contributed by atoms with Crippen LogP contribution in [0.1, 0.15) is 29.8 Å². The minimum atomic E-state index is -0.470. The second-order valence-electron chi connectivity index (χ2n) is 9.45. The molecule has 5 aromatic rings. The van der Waals surface area contributed by atoms with Gasteiger partial charge in [-0.25, -0.2) is 4.79 Å². The van der Waals surface area contributed by atoms with Gasteiger partial charge in [0.15, 0.2) is 5.82 Å². The first-order valence-corrected chi connectivity index (χ1v) is 14.3. The van der Waals surface area contributed by atoms with Crippen molar-refractivity contribution in [3.05, 3.63) is 98.8 Å². The molecular weight excluding hydrogens is 570 g/mol. The normalized spacial score (nSPS) is 13.7. The summed E-state index contributed by atoms with van der Waals surface area (Å²) in [6.07, 6.45) is 0. The highest BCUT2D eigenvalue weighted by molar-refractivity contribution is 7.15. The molecule has 0 saturated heterocycles. The average Bonchev–Trinajstić information content (AvgIpc) is 3.64. The third-order valence-corrected chi connectivity index (χ3v) is 7.74. The van der Waals surface area contributed by atoms with E-state index in [1.165, 1.54) is 9.42 Å². The number of aromatic nitrogens is 3. The Morgan fingerprint density at radius 3 is 2.37 bits per heavy atom. The number of hydrogen-bond acceptors (Lipinski definition) is 9. The number of nitrogens with one attached hydrogen (secondary N) is 1. The molecule has 2 amide bonds. The van der Waals surface area contributed by atoms with Crippen LogP contribution in [-0.4, -0.2) is 52.1 Å². The molecule has 216 valence electrons. The number of carbonyl (C=O) groups is 3. The summed E-state index contributed by atoms with van der Waals surface area (Å²) in [5.41, 5.74) is 2.35. The van der Waals surface area contributed by atoms with Crippen molar-refractivity contribution in [2.75, 3.05) is 30.0 Å². The van der Waals surface area contributed by atoms with Gasteiger partial charge in [0.1, 0.15) is 16.8 Å². The fraction of sp³-hybridized carbons (Fsp3) is 0.161. The van der Waals surface area contributed by atoms with Gasteiger partial charge in [0, 0.05) is 16.8 Å². The van der Waals surface area contributed by atoms with Crippen molar-refractivity contribution < 1.29 is 23.9 Å². The van der Waals surface area contributed by atoms with Gasteiger partial charge in [0.05, 0.1) is 30.0 Å². The van der Waals surface area contributed by atoms with Gasteiger partial charge >= 0.3 is 5.97 Å². The molecule has 1 N–H and O–H groups in total. The van der Waals surface area contributed by atoms with Gasteiger partial charge in [-0.2, -0.15) is 9.50 Å². The highest BCUT2D eigenvalue weighted by Crippen LogP contribution is 2.35. The lowest BCUT2D eigenvalue weighted by Crippen LogP contribution is -2.37. The van der Waals surface area contributed by atoms with Crippen LogP contribution in [0.15, 0.2) is 77.6 Å². The number of benzene rings is 3. The van der Waals surface area contributed by atoms with Gasteiger partial charge in [0.25, 0.3) is 11.5 Å². The molecule has 11 nitrogen and oxygen atoms in total. The Kier molecular flexibility index (Phi) is 7.43. The molecule has 3 heterocycles. The fourth-order valence-corrected chi connectivity index (χ4v) is 5.78. The summed E-state index contributed by atoms with van der Waals surface area (Å²) >= 11 is 1.08. The van der Waals surface area contributed by atoms with Crippen LogP contribution in [0.25, 0.3) is 21.9 Å². The second kappa shape index (κ2) is 11.5. The van der Waals surface area contributed by atoms with Crippen LogP contribution in [-0.2, 0) is 14.3 Å². The van der Waals surface area contributed by atoms with Gasteiger partial charge in [-0.15, -0.1) is 5.10 Å². The first kappa shape index (κ1) is 27.8. The lowest BCUT2D eigenvalue weighted by atomic mass is 10.1. The Balaban J connectivity index is 1.28. The molecule has 2 aromatic heterocycles. The Morgan fingerprint density at radius 2 is 1.67 bits per heavy atom. The van der Waals surface area contributed by atoms with Crippen LogP contribution < -0.4 is 25.0 Å². The molecule has 0 fully saturated rings. The predicted octanol–water partition coefficient (Wildman–Crippen LogP) is 3.30. The molecule has 12 heteroatoms. The van der Waals surface area contributed by atoms with E-state index in [0.29, 0.717) is 39.9 Å². The standard InChI is InChI=1S/C31H25N5O6S/c1-3-41-21-15-11-18(12-16-21)27-33-31-36(34-27)29(39)26(43-31)25-22-7-5-6-8-23(22)35(28(25)38)17-24(37)32-20-13-9-19(10-14-20)30(40)42-4-2/h5-16H,3-4,17H2,1-2H3,(H,32,37). The van der Waals surface area contributed by atoms with Gasteiger partial charge in [0.2, 0.25) is 10.9 Å². The number of carbonyl (C=O) groups excluding carboxylic acids is 3. The predicted molar refractivity (Wildman–Crippen MR) is 161 cm³/mol. The number of para-hydroxylation sites is 1. The van der Waals surface area contributed by atoms with Crippen LogP contribution in [0.5, 0.6) is 5.75 Å². The molecule has 0 atom stereocenters. The highest BCUT2D eigenvalue weighted by Gasteiger charge is 2.35. The van der Waals surface area contributed by atoms with Crippen molar-refractivity contribution in [2.45, 2.75) is 13.8 Å². The number of thiazole rings is 1. The maximum Gasteiger partial charge on any atom is 0.338 e. The van der Waals surface area contributed by atoms with Crippen LogP contribution in [0.3, 0.4) is 0 Å². The van der Waals surface area contributed by atoms with Crippen molar-refractivity contribution in [1.82, 2.24) is 14.6 Å². The number of amides is 2. The molecule has 0 aliphatic carbocycles. The van der Waals surface area contributed by atoms with Crippen molar-refractivity contribution in [2.24, 2.45) is 0 Å². The Bertz CT molecular complexity index is 1980. The summed E-state index contributed by atoms with van der Waals surface area (Å²) in [6.45, 7) is 4.15. The van der Waals surface area contributed by atoms with E-state index in [1.807, 2.05) is 31.2 Å². The van der Waals surface area contributed by atoms with Crippen molar-refractivity contribution in [3.63, 3.8) is 0 Å². The largest absolute Gasteiger partial charge is 0.494 e. The lowest BCUT2D eigenvalue weighted by Gasteiger charge is -2.16. The number of esters is 1.